The summed E-state index contributed by atoms with van der Waals surface area (Å²) in [4.78, 5) is 42.4. The van der Waals surface area contributed by atoms with Crippen LogP contribution in [0.5, 0.6) is 0 Å². The Morgan fingerprint density at radius 2 is 1.50 bits per heavy atom. The summed E-state index contributed by atoms with van der Waals surface area (Å²) in [5.41, 5.74) is 3.12. The van der Waals surface area contributed by atoms with Crippen molar-refractivity contribution in [3.8, 4) is 0 Å². The Kier molecular flexibility index (Phi) is 5.27. The molecule has 0 unspecified atom stereocenters. The molecule has 9 heteroatoms. The smallest absolute Gasteiger partial charge is 0.320 e. The standard InChI is InChI=1S/C21H20N6O3/c22-24-17(28)13-27-20(29)18-19(23-14-25(18)11-15-7-3-1-4-8-15)26(21(27)30)12-16-9-5-2-6-10-16/h1-10,14H,11-13,22H2,(H,24,28). The topological polar surface area (TPSA) is 117 Å². The Bertz CT molecular complexity index is 1310. The predicted molar refractivity (Wildman–Crippen MR) is 112 cm³/mol. The molecular formula is C21H20N6O3. The average Bonchev–Trinajstić information content (AvgIpc) is 3.19. The van der Waals surface area contributed by atoms with E-state index in [2.05, 4.69) is 4.98 Å². The quantitative estimate of drug-likeness (QED) is 0.275. The number of amides is 1. The molecule has 0 radical (unpaired) electrons. The summed E-state index contributed by atoms with van der Waals surface area (Å²) in [6.45, 7) is 0.137. The molecule has 0 saturated heterocycles. The van der Waals surface area contributed by atoms with Gasteiger partial charge in [0.05, 0.1) is 12.9 Å². The summed E-state index contributed by atoms with van der Waals surface area (Å²) in [6.07, 6.45) is 1.54. The maximum Gasteiger partial charge on any atom is 0.333 e. The third-order valence-corrected chi connectivity index (χ3v) is 4.83. The lowest BCUT2D eigenvalue weighted by Crippen LogP contribution is -2.45. The number of hydrogen-bond acceptors (Lipinski definition) is 5. The molecule has 0 bridgehead atoms. The molecule has 9 nitrogen and oxygen atoms in total. The minimum absolute atomic E-state index is 0.211. The third-order valence-electron chi connectivity index (χ3n) is 4.83. The summed E-state index contributed by atoms with van der Waals surface area (Å²) in [6, 6.07) is 19.0. The van der Waals surface area contributed by atoms with Crippen LogP contribution in [0.3, 0.4) is 0 Å². The van der Waals surface area contributed by atoms with E-state index in [-0.39, 0.29) is 17.7 Å². The summed E-state index contributed by atoms with van der Waals surface area (Å²) < 4.78 is 3.97. The van der Waals surface area contributed by atoms with E-state index in [1.54, 1.807) is 4.57 Å². The zero-order valence-corrected chi connectivity index (χ0v) is 16.1. The van der Waals surface area contributed by atoms with Gasteiger partial charge in [0.15, 0.2) is 11.2 Å². The second-order valence-electron chi connectivity index (χ2n) is 6.84. The van der Waals surface area contributed by atoms with Crippen LogP contribution in [-0.2, 0) is 24.4 Å². The van der Waals surface area contributed by atoms with Crippen molar-refractivity contribution in [1.29, 1.82) is 0 Å². The molecule has 3 N–H and O–H groups in total. The van der Waals surface area contributed by atoms with Gasteiger partial charge in [-0.25, -0.2) is 20.2 Å². The Labute approximate surface area is 171 Å². The number of benzene rings is 2. The molecule has 4 aromatic rings. The molecule has 0 aliphatic rings. The number of aromatic nitrogens is 4. The monoisotopic (exact) mass is 404 g/mol. The molecule has 0 aliphatic carbocycles. The van der Waals surface area contributed by atoms with Crippen LogP contribution < -0.4 is 22.5 Å². The maximum absolute atomic E-state index is 13.1. The average molecular weight is 404 g/mol. The first kappa shape index (κ1) is 19.3. The first-order chi connectivity index (χ1) is 14.6. The van der Waals surface area contributed by atoms with Crippen molar-refractivity contribution in [2.75, 3.05) is 0 Å². The molecule has 0 fully saturated rings. The van der Waals surface area contributed by atoms with Crippen LogP contribution in [0.2, 0.25) is 0 Å². The number of imidazole rings is 1. The number of hydrazine groups is 1. The fraction of sp³-hybridized carbons (Fsp3) is 0.143. The number of nitrogens with zero attached hydrogens (tertiary/aromatic N) is 4. The normalized spacial score (nSPS) is 11.0. The molecule has 1 amide bonds. The second-order valence-corrected chi connectivity index (χ2v) is 6.84. The number of carbonyl (C=O) groups excluding carboxylic acids is 1. The third kappa shape index (κ3) is 3.65. The van der Waals surface area contributed by atoms with Crippen LogP contribution in [0.15, 0.2) is 76.6 Å². The van der Waals surface area contributed by atoms with Gasteiger partial charge in [-0.05, 0) is 11.1 Å². The van der Waals surface area contributed by atoms with Gasteiger partial charge >= 0.3 is 5.69 Å². The number of fused-ring (bicyclic) bond motifs is 1. The lowest BCUT2D eigenvalue weighted by atomic mass is 10.2. The molecule has 2 aromatic heterocycles. The fourth-order valence-corrected chi connectivity index (χ4v) is 3.38. The highest BCUT2D eigenvalue weighted by molar-refractivity contribution is 5.76. The van der Waals surface area contributed by atoms with Crippen LogP contribution in [0, 0.1) is 0 Å². The molecule has 4 rings (SSSR count). The van der Waals surface area contributed by atoms with Crippen molar-refractivity contribution < 1.29 is 4.79 Å². The van der Waals surface area contributed by atoms with E-state index in [0.717, 1.165) is 15.7 Å². The maximum atomic E-state index is 13.1. The number of nitrogens with one attached hydrogen (secondary N) is 1. The molecule has 152 valence electrons. The van der Waals surface area contributed by atoms with E-state index in [9.17, 15) is 14.4 Å². The molecule has 0 aliphatic heterocycles. The van der Waals surface area contributed by atoms with Crippen molar-refractivity contribution in [2.45, 2.75) is 19.6 Å². The lowest BCUT2D eigenvalue weighted by molar-refractivity contribution is -0.121. The SMILES string of the molecule is NNC(=O)Cn1c(=O)c2c(ncn2Cc2ccccc2)n(Cc2ccccc2)c1=O. The molecule has 0 saturated carbocycles. The molecule has 0 spiro atoms. The molecule has 2 heterocycles. The van der Waals surface area contributed by atoms with E-state index in [0.29, 0.717) is 6.54 Å². The van der Waals surface area contributed by atoms with Gasteiger partial charge in [0.1, 0.15) is 6.54 Å². The largest absolute Gasteiger partial charge is 0.333 e. The van der Waals surface area contributed by atoms with Gasteiger partial charge in [-0.1, -0.05) is 60.7 Å². The zero-order chi connectivity index (χ0) is 21.1. The van der Waals surface area contributed by atoms with Gasteiger partial charge in [-0.2, -0.15) is 0 Å². The van der Waals surface area contributed by atoms with Gasteiger partial charge in [-0.15, -0.1) is 0 Å². The highest BCUT2D eigenvalue weighted by Crippen LogP contribution is 2.12. The Morgan fingerprint density at radius 3 is 2.10 bits per heavy atom. The molecule has 0 atom stereocenters. The summed E-state index contributed by atoms with van der Waals surface area (Å²) >= 11 is 0. The van der Waals surface area contributed by atoms with Crippen molar-refractivity contribution in [1.82, 2.24) is 24.1 Å². The van der Waals surface area contributed by atoms with Crippen molar-refractivity contribution in [3.63, 3.8) is 0 Å². The number of rotatable bonds is 6. The van der Waals surface area contributed by atoms with Crippen molar-refractivity contribution in [2.24, 2.45) is 5.84 Å². The highest BCUT2D eigenvalue weighted by Gasteiger charge is 2.19. The van der Waals surface area contributed by atoms with Gasteiger partial charge in [0, 0.05) is 6.54 Å². The van der Waals surface area contributed by atoms with Crippen molar-refractivity contribution >= 4 is 17.1 Å². The first-order valence-corrected chi connectivity index (χ1v) is 9.34. The molecule has 2 aromatic carbocycles. The minimum Gasteiger partial charge on any atom is -0.320 e. The van der Waals surface area contributed by atoms with Crippen molar-refractivity contribution in [3.05, 3.63) is 99.0 Å². The number of hydrogen-bond donors (Lipinski definition) is 2. The summed E-state index contributed by atoms with van der Waals surface area (Å²) in [5.74, 6) is 4.52. The van der Waals surface area contributed by atoms with E-state index in [1.165, 1.54) is 10.9 Å². The Morgan fingerprint density at radius 1 is 0.900 bits per heavy atom. The highest BCUT2D eigenvalue weighted by atomic mass is 16.2. The van der Waals surface area contributed by atoms with E-state index in [4.69, 9.17) is 5.84 Å². The second kappa shape index (κ2) is 8.18. The predicted octanol–water partition coefficient (Wildman–Crippen LogP) is 0.446. The van der Waals surface area contributed by atoms with Crippen LogP contribution in [0.1, 0.15) is 11.1 Å². The number of nitrogens with two attached hydrogens (primary N) is 1. The van der Waals surface area contributed by atoms with E-state index in [1.807, 2.05) is 66.1 Å². The zero-order valence-electron chi connectivity index (χ0n) is 16.1. The minimum atomic E-state index is -0.645. The van der Waals surface area contributed by atoms with Gasteiger partial charge in [-0.3, -0.25) is 19.6 Å². The van der Waals surface area contributed by atoms with Crippen LogP contribution in [0.25, 0.3) is 11.2 Å². The molecule has 30 heavy (non-hydrogen) atoms. The van der Waals surface area contributed by atoms with Gasteiger partial charge in [0.2, 0.25) is 0 Å². The first-order valence-electron chi connectivity index (χ1n) is 9.34. The van der Waals surface area contributed by atoms with Crippen LogP contribution in [-0.4, -0.2) is 24.6 Å². The summed E-state index contributed by atoms with van der Waals surface area (Å²) in [5, 5.41) is 0. The Balaban J connectivity index is 1.91. The Hall–Kier alpha value is -3.98. The fourth-order valence-electron chi connectivity index (χ4n) is 3.38. The van der Waals surface area contributed by atoms with E-state index < -0.39 is 23.7 Å². The summed E-state index contributed by atoms with van der Waals surface area (Å²) in [7, 11) is 0. The van der Waals surface area contributed by atoms with Gasteiger partial charge in [0.25, 0.3) is 11.5 Å². The van der Waals surface area contributed by atoms with Crippen LogP contribution in [0.4, 0.5) is 0 Å². The molecular weight excluding hydrogens is 384 g/mol. The van der Waals surface area contributed by atoms with E-state index >= 15 is 0 Å². The van der Waals surface area contributed by atoms with Gasteiger partial charge < -0.3 is 4.57 Å². The van der Waals surface area contributed by atoms with Crippen LogP contribution >= 0.6 is 0 Å². The number of carbonyl (C=O) groups is 1. The lowest BCUT2D eigenvalue weighted by Gasteiger charge is -2.12.